The minimum absolute atomic E-state index is 0.0192. The van der Waals surface area contributed by atoms with Crippen LogP contribution in [0.15, 0.2) is 48.5 Å². The molecular weight excluding hydrogens is 350 g/mol. The number of nitrogens with one attached hydrogen (secondary N) is 1. The first-order valence-electron chi connectivity index (χ1n) is 8.65. The average molecular weight is 372 g/mol. The smallest absolute Gasteiger partial charge is 0.321 e. The van der Waals surface area contributed by atoms with E-state index in [1.54, 1.807) is 29.2 Å². The highest BCUT2D eigenvalue weighted by Gasteiger charge is 2.21. The van der Waals surface area contributed by atoms with Crippen molar-refractivity contribution in [1.29, 1.82) is 0 Å². The molecule has 0 aliphatic carbocycles. The molecular formula is C20H22ClN3O2. The number of urea groups is 1. The highest BCUT2D eigenvalue weighted by Crippen LogP contribution is 2.18. The van der Waals surface area contributed by atoms with Gasteiger partial charge in [0.1, 0.15) is 0 Å². The van der Waals surface area contributed by atoms with Gasteiger partial charge in [0.05, 0.1) is 0 Å². The Morgan fingerprint density at radius 3 is 2.46 bits per heavy atom. The van der Waals surface area contributed by atoms with Gasteiger partial charge in [0.2, 0.25) is 0 Å². The second kappa shape index (κ2) is 8.34. The summed E-state index contributed by atoms with van der Waals surface area (Å²) < 4.78 is 0. The van der Waals surface area contributed by atoms with Crippen molar-refractivity contribution in [3.8, 4) is 0 Å². The van der Waals surface area contributed by atoms with E-state index >= 15 is 0 Å². The lowest BCUT2D eigenvalue weighted by Gasteiger charge is -2.34. The Morgan fingerprint density at radius 2 is 1.77 bits per heavy atom. The van der Waals surface area contributed by atoms with Crippen molar-refractivity contribution in [2.45, 2.75) is 13.5 Å². The predicted octanol–water partition coefficient (Wildman–Crippen LogP) is 3.89. The van der Waals surface area contributed by atoms with E-state index in [4.69, 9.17) is 11.6 Å². The molecule has 2 aromatic carbocycles. The van der Waals surface area contributed by atoms with Crippen LogP contribution in [0, 0.1) is 0 Å². The normalized spacial score (nSPS) is 14.9. The summed E-state index contributed by atoms with van der Waals surface area (Å²) in [6.07, 6.45) is 0. The minimum atomic E-state index is -0.136. The number of Topliss-reactive ketones (excluding diaryl/α,β-unsaturated/α-hetero) is 1. The SMILES string of the molecule is CC(=O)c1cccc(NC(=O)N2CCN(Cc3ccccc3Cl)CC2)c1. The maximum absolute atomic E-state index is 12.5. The van der Waals surface area contributed by atoms with Crippen LogP contribution in [-0.4, -0.2) is 47.8 Å². The van der Waals surface area contributed by atoms with Crippen LogP contribution in [0.5, 0.6) is 0 Å². The Kier molecular flexibility index (Phi) is 5.91. The van der Waals surface area contributed by atoms with Gasteiger partial charge < -0.3 is 10.2 Å². The van der Waals surface area contributed by atoms with E-state index in [0.717, 1.165) is 30.2 Å². The number of carbonyl (C=O) groups excluding carboxylic acids is 2. The minimum Gasteiger partial charge on any atom is -0.322 e. The van der Waals surface area contributed by atoms with E-state index in [-0.39, 0.29) is 11.8 Å². The molecule has 0 atom stereocenters. The van der Waals surface area contributed by atoms with Crippen molar-refractivity contribution in [1.82, 2.24) is 9.80 Å². The van der Waals surface area contributed by atoms with Crippen LogP contribution < -0.4 is 5.32 Å². The zero-order chi connectivity index (χ0) is 18.5. The third-order valence-corrected chi connectivity index (χ3v) is 4.90. The quantitative estimate of drug-likeness (QED) is 0.829. The van der Waals surface area contributed by atoms with Gasteiger partial charge in [-0.1, -0.05) is 41.9 Å². The molecule has 1 heterocycles. The Hall–Kier alpha value is -2.37. The van der Waals surface area contributed by atoms with Crippen molar-refractivity contribution in [2.24, 2.45) is 0 Å². The lowest BCUT2D eigenvalue weighted by Crippen LogP contribution is -2.49. The van der Waals surface area contributed by atoms with Gasteiger partial charge in [-0.25, -0.2) is 4.79 Å². The lowest BCUT2D eigenvalue weighted by molar-refractivity contribution is 0.101. The molecule has 136 valence electrons. The Morgan fingerprint density at radius 1 is 1.04 bits per heavy atom. The van der Waals surface area contributed by atoms with Gasteiger partial charge in [0, 0.05) is 49.0 Å². The molecule has 3 rings (SSSR count). The summed E-state index contributed by atoms with van der Waals surface area (Å²) in [6.45, 7) is 5.21. The molecule has 1 aliphatic rings. The number of nitrogens with zero attached hydrogens (tertiary/aromatic N) is 2. The Labute approximate surface area is 158 Å². The molecule has 2 amide bonds. The molecule has 0 unspecified atom stereocenters. The van der Waals surface area contributed by atoms with E-state index < -0.39 is 0 Å². The molecule has 2 aromatic rings. The molecule has 0 saturated carbocycles. The van der Waals surface area contributed by atoms with Crippen molar-refractivity contribution in [2.75, 3.05) is 31.5 Å². The number of piperazine rings is 1. The fourth-order valence-corrected chi connectivity index (χ4v) is 3.19. The molecule has 1 N–H and O–H groups in total. The third kappa shape index (κ3) is 4.62. The van der Waals surface area contributed by atoms with Crippen LogP contribution in [0.25, 0.3) is 0 Å². The second-order valence-corrected chi connectivity index (χ2v) is 6.83. The van der Waals surface area contributed by atoms with Crippen LogP contribution in [0.3, 0.4) is 0 Å². The maximum Gasteiger partial charge on any atom is 0.321 e. The Bertz CT molecular complexity index is 801. The van der Waals surface area contributed by atoms with E-state index in [9.17, 15) is 9.59 Å². The van der Waals surface area contributed by atoms with Gasteiger partial charge in [-0.15, -0.1) is 0 Å². The number of amides is 2. The van der Waals surface area contributed by atoms with Gasteiger partial charge >= 0.3 is 6.03 Å². The summed E-state index contributed by atoms with van der Waals surface area (Å²) in [6, 6.07) is 14.7. The highest BCUT2D eigenvalue weighted by atomic mass is 35.5. The molecule has 1 aliphatic heterocycles. The molecule has 0 bridgehead atoms. The second-order valence-electron chi connectivity index (χ2n) is 6.42. The van der Waals surface area contributed by atoms with Gasteiger partial charge in [-0.2, -0.15) is 0 Å². The number of ketones is 1. The molecule has 1 fully saturated rings. The summed E-state index contributed by atoms with van der Waals surface area (Å²) in [7, 11) is 0. The average Bonchev–Trinajstić information content (AvgIpc) is 2.64. The number of hydrogen-bond donors (Lipinski definition) is 1. The van der Waals surface area contributed by atoms with Gasteiger partial charge in [0.15, 0.2) is 5.78 Å². The van der Waals surface area contributed by atoms with E-state index in [2.05, 4.69) is 10.2 Å². The van der Waals surface area contributed by atoms with E-state index in [1.165, 1.54) is 6.92 Å². The van der Waals surface area contributed by atoms with Crippen molar-refractivity contribution in [3.05, 3.63) is 64.7 Å². The third-order valence-electron chi connectivity index (χ3n) is 4.53. The zero-order valence-electron chi connectivity index (χ0n) is 14.7. The standard InChI is InChI=1S/C20H22ClN3O2/c1-15(25)16-6-4-7-18(13-16)22-20(26)24-11-9-23(10-12-24)14-17-5-2-3-8-19(17)21/h2-8,13H,9-12,14H2,1H3,(H,22,26). The number of hydrogen-bond acceptors (Lipinski definition) is 3. The molecule has 1 saturated heterocycles. The van der Waals surface area contributed by atoms with Gasteiger partial charge in [-0.3, -0.25) is 9.69 Å². The summed E-state index contributed by atoms with van der Waals surface area (Å²) >= 11 is 6.22. The number of benzene rings is 2. The molecule has 0 radical (unpaired) electrons. The van der Waals surface area contributed by atoms with Crippen LogP contribution in [0.2, 0.25) is 5.02 Å². The maximum atomic E-state index is 12.5. The topological polar surface area (TPSA) is 52.7 Å². The summed E-state index contributed by atoms with van der Waals surface area (Å²) in [5.41, 5.74) is 2.33. The number of anilines is 1. The van der Waals surface area contributed by atoms with Crippen LogP contribution in [-0.2, 0) is 6.54 Å². The number of carbonyl (C=O) groups is 2. The summed E-state index contributed by atoms with van der Waals surface area (Å²) in [5.74, 6) is -0.0192. The molecule has 0 spiro atoms. The predicted molar refractivity (Wildman–Crippen MR) is 104 cm³/mol. The fourth-order valence-electron chi connectivity index (χ4n) is 3.00. The van der Waals surface area contributed by atoms with Crippen molar-refractivity contribution < 1.29 is 9.59 Å². The highest BCUT2D eigenvalue weighted by molar-refractivity contribution is 6.31. The molecule has 0 aromatic heterocycles. The number of rotatable bonds is 4. The van der Waals surface area contributed by atoms with Crippen LogP contribution in [0.1, 0.15) is 22.8 Å². The largest absolute Gasteiger partial charge is 0.322 e. The molecule has 5 nitrogen and oxygen atoms in total. The monoisotopic (exact) mass is 371 g/mol. The van der Waals surface area contributed by atoms with Crippen LogP contribution in [0.4, 0.5) is 10.5 Å². The Balaban J connectivity index is 1.53. The summed E-state index contributed by atoms with van der Waals surface area (Å²) in [4.78, 5) is 28.0. The first-order chi connectivity index (χ1) is 12.5. The first-order valence-corrected chi connectivity index (χ1v) is 9.03. The van der Waals surface area contributed by atoms with Crippen LogP contribution >= 0.6 is 11.6 Å². The fraction of sp³-hybridized carbons (Fsp3) is 0.300. The molecule has 6 heteroatoms. The molecule has 26 heavy (non-hydrogen) atoms. The van der Waals surface area contributed by atoms with Gasteiger partial charge in [0.25, 0.3) is 0 Å². The zero-order valence-corrected chi connectivity index (χ0v) is 15.5. The van der Waals surface area contributed by atoms with Crippen molar-refractivity contribution in [3.63, 3.8) is 0 Å². The van der Waals surface area contributed by atoms with Crippen molar-refractivity contribution >= 4 is 29.1 Å². The summed E-state index contributed by atoms with van der Waals surface area (Å²) in [5, 5.41) is 3.65. The van der Waals surface area contributed by atoms with E-state index in [0.29, 0.717) is 24.3 Å². The first kappa shape index (κ1) is 18.4. The lowest BCUT2D eigenvalue weighted by atomic mass is 10.1. The van der Waals surface area contributed by atoms with E-state index in [1.807, 2.05) is 24.3 Å². The number of halogens is 1. The van der Waals surface area contributed by atoms with Gasteiger partial charge in [-0.05, 0) is 30.7 Å².